The first-order valence-electron chi connectivity index (χ1n) is 9.80. The van der Waals surface area contributed by atoms with Crippen LogP contribution < -0.4 is 16.2 Å². The normalized spacial score (nSPS) is 17.5. The molecule has 5 rings (SSSR count). The Balaban J connectivity index is 1.69. The van der Waals surface area contributed by atoms with Gasteiger partial charge in [-0.1, -0.05) is 60.7 Å². The van der Waals surface area contributed by atoms with Crippen LogP contribution in [0.5, 0.6) is 0 Å². The Morgan fingerprint density at radius 2 is 1.68 bits per heavy atom. The molecule has 4 aromatic rings. The van der Waals surface area contributed by atoms with Gasteiger partial charge >= 0.3 is 0 Å². The van der Waals surface area contributed by atoms with Gasteiger partial charge < -0.3 is 10.6 Å². The van der Waals surface area contributed by atoms with Crippen LogP contribution in [-0.4, -0.2) is 15.9 Å². The molecule has 0 aliphatic carbocycles. The largest absolute Gasteiger partial charge is 0.326 e. The average molecular weight is 407 g/mol. The Labute approximate surface area is 177 Å². The van der Waals surface area contributed by atoms with E-state index in [0.29, 0.717) is 0 Å². The van der Waals surface area contributed by atoms with Crippen molar-refractivity contribution in [2.24, 2.45) is 5.92 Å². The van der Waals surface area contributed by atoms with Crippen LogP contribution in [0, 0.1) is 17.2 Å². The molecule has 0 radical (unpaired) electrons. The molecule has 1 aliphatic rings. The smallest absolute Gasteiger partial charge is 0.258 e. The first-order chi connectivity index (χ1) is 15.2. The van der Waals surface area contributed by atoms with E-state index >= 15 is 0 Å². The van der Waals surface area contributed by atoms with Gasteiger partial charge in [-0.2, -0.15) is 10.2 Å². The number of nitriles is 1. The number of aromatic nitrogens is 2. The Kier molecular flexibility index (Phi) is 4.45. The van der Waals surface area contributed by atoms with E-state index in [1.807, 2.05) is 72.8 Å². The molecule has 0 bridgehead atoms. The molecule has 2 heterocycles. The lowest BCUT2D eigenvalue weighted by Crippen LogP contribution is -2.38. The zero-order valence-corrected chi connectivity index (χ0v) is 16.3. The third kappa shape index (κ3) is 3.20. The number of carbonyl (C=O) groups excluding carboxylic acids is 1. The monoisotopic (exact) mass is 407 g/mol. The minimum Gasteiger partial charge on any atom is -0.326 e. The van der Waals surface area contributed by atoms with Crippen LogP contribution >= 0.6 is 0 Å². The van der Waals surface area contributed by atoms with Gasteiger partial charge in [0, 0.05) is 11.6 Å². The molecular formula is C24H17N5O2. The lowest BCUT2D eigenvalue weighted by molar-refractivity contribution is -0.119. The molecule has 1 aromatic heterocycles. The fourth-order valence-corrected chi connectivity index (χ4v) is 4.09. The Morgan fingerprint density at radius 1 is 0.935 bits per heavy atom. The maximum atomic E-state index is 13.2. The van der Waals surface area contributed by atoms with E-state index in [2.05, 4.69) is 26.7 Å². The molecule has 150 valence electrons. The number of nitrogens with one attached hydrogen (secondary N) is 3. The topological polar surface area (TPSA) is 111 Å². The number of carbonyl (C=O) groups is 1. The average Bonchev–Trinajstić information content (AvgIpc) is 2.78. The molecular weight excluding hydrogens is 390 g/mol. The molecule has 1 amide bonds. The van der Waals surface area contributed by atoms with Crippen LogP contribution in [0.15, 0.2) is 77.6 Å². The van der Waals surface area contributed by atoms with Crippen molar-refractivity contribution < 1.29 is 4.79 Å². The summed E-state index contributed by atoms with van der Waals surface area (Å²) in [6.45, 7) is 0. The Morgan fingerprint density at radius 3 is 2.48 bits per heavy atom. The number of para-hydroxylation sites is 1. The number of amides is 1. The van der Waals surface area contributed by atoms with Crippen molar-refractivity contribution in [2.45, 2.75) is 5.92 Å². The first kappa shape index (κ1) is 18.6. The van der Waals surface area contributed by atoms with Crippen LogP contribution in [0.25, 0.3) is 10.8 Å². The number of H-pyrrole nitrogens is 1. The van der Waals surface area contributed by atoms with E-state index in [1.165, 1.54) is 0 Å². The van der Waals surface area contributed by atoms with Crippen molar-refractivity contribution in [1.82, 2.24) is 9.97 Å². The highest BCUT2D eigenvalue weighted by Gasteiger charge is 2.40. The number of anilines is 3. The van der Waals surface area contributed by atoms with Gasteiger partial charge in [-0.15, -0.1) is 0 Å². The summed E-state index contributed by atoms with van der Waals surface area (Å²) in [5.74, 6) is -1.88. The summed E-state index contributed by atoms with van der Waals surface area (Å²) in [7, 11) is 0. The summed E-state index contributed by atoms with van der Waals surface area (Å²) in [5, 5.41) is 17.3. The van der Waals surface area contributed by atoms with E-state index < -0.39 is 23.3 Å². The van der Waals surface area contributed by atoms with Gasteiger partial charge in [0.1, 0.15) is 11.7 Å². The second kappa shape index (κ2) is 7.43. The number of hydrogen-bond donors (Lipinski definition) is 3. The predicted octanol–water partition coefficient (Wildman–Crippen LogP) is 3.89. The van der Waals surface area contributed by atoms with Crippen molar-refractivity contribution in [2.75, 3.05) is 10.6 Å². The van der Waals surface area contributed by atoms with Crippen LogP contribution in [0.3, 0.4) is 0 Å². The Hall–Kier alpha value is -4.44. The van der Waals surface area contributed by atoms with Gasteiger partial charge in [0.05, 0.1) is 11.6 Å². The fraction of sp³-hybridized carbons (Fsp3) is 0.0833. The zero-order valence-electron chi connectivity index (χ0n) is 16.3. The molecule has 0 spiro atoms. The lowest BCUT2D eigenvalue weighted by Gasteiger charge is -2.29. The maximum absolute atomic E-state index is 13.2. The van der Waals surface area contributed by atoms with Crippen molar-refractivity contribution in [1.29, 1.82) is 5.26 Å². The van der Waals surface area contributed by atoms with Crippen molar-refractivity contribution in [3.63, 3.8) is 0 Å². The highest BCUT2D eigenvalue weighted by atomic mass is 16.2. The summed E-state index contributed by atoms with van der Waals surface area (Å²) in [6.07, 6.45) is 0. The van der Waals surface area contributed by atoms with E-state index in [0.717, 1.165) is 22.0 Å². The third-order valence-electron chi connectivity index (χ3n) is 5.46. The van der Waals surface area contributed by atoms with Gasteiger partial charge in [0.25, 0.3) is 5.56 Å². The van der Waals surface area contributed by atoms with Gasteiger partial charge in [-0.25, -0.2) is 0 Å². The van der Waals surface area contributed by atoms with Gasteiger partial charge in [-0.3, -0.25) is 14.6 Å². The lowest BCUT2D eigenvalue weighted by atomic mass is 9.77. The minimum atomic E-state index is -1.05. The van der Waals surface area contributed by atoms with E-state index in [4.69, 9.17) is 0 Å². The molecule has 0 saturated carbocycles. The van der Waals surface area contributed by atoms with Crippen LogP contribution in [-0.2, 0) is 4.79 Å². The molecule has 3 N–H and O–H groups in total. The van der Waals surface area contributed by atoms with Crippen molar-refractivity contribution >= 4 is 34.1 Å². The molecule has 7 nitrogen and oxygen atoms in total. The number of aromatic amines is 1. The first-order valence-corrected chi connectivity index (χ1v) is 9.80. The SMILES string of the molecule is N#CC1C(=O)Nc2nc(Nc3ccccc3)[nH]c(=O)c2C1c1cccc2ccccc12. The summed E-state index contributed by atoms with van der Waals surface area (Å²) in [5.41, 5.74) is 1.37. The fourth-order valence-electron chi connectivity index (χ4n) is 4.09. The molecule has 0 saturated heterocycles. The number of hydrogen-bond acceptors (Lipinski definition) is 5. The summed E-state index contributed by atoms with van der Waals surface area (Å²) in [6, 6.07) is 24.7. The number of rotatable bonds is 3. The summed E-state index contributed by atoms with van der Waals surface area (Å²) < 4.78 is 0. The van der Waals surface area contributed by atoms with E-state index in [9.17, 15) is 14.9 Å². The summed E-state index contributed by atoms with van der Waals surface area (Å²) >= 11 is 0. The van der Waals surface area contributed by atoms with Crippen LogP contribution in [0.1, 0.15) is 17.0 Å². The van der Waals surface area contributed by atoms with Crippen molar-refractivity contribution in [3.05, 3.63) is 94.3 Å². The maximum Gasteiger partial charge on any atom is 0.258 e. The van der Waals surface area contributed by atoms with E-state index in [-0.39, 0.29) is 17.3 Å². The van der Waals surface area contributed by atoms with Gasteiger partial charge in [0.15, 0.2) is 0 Å². The standard InChI is InChI=1S/C24H17N5O2/c25-13-18-19(17-12-6-8-14-7-4-5-11-16(14)17)20-21(27-22(18)30)28-24(29-23(20)31)26-15-9-2-1-3-10-15/h1-12,18-19H,(H3,26,27,28,29,30,31). The molecule has 31 heavy (non-hydrogen) atoms. The number of fused-ring (bicyclic) bond motifs is 2. The third-order valence-corrected chi connectivity index (χ3v) is 5.46. The van der Waals surface area contributed by atoms with E-state index in [1.54, 1.807) is 0 Å². The molecule has 0 fully saturated rings. The number of nitrogens with zero attached hydrogens (tertiary/aromatic N) is 2. The highest BCUT2D eigenvalue weighted by molar-refractivity contribution is 5.99. The number of benzene rings is 3. The van der Waals surface area contributed by atoms with Crippen molar-refractivity contribution in [3.8, 4) is 6.07 Å². The van der Waals surface area contributed by atoms with Gasteiger partial charge in [-0.05, 0) is 28.5 Å². The summed E-state index contributed by atoms with van der Waals surface area (Å²) in [4.78, 5) is 33.1. The molecule has 3 aromatic carbocycles. The molecule has 1 aliphatic heterocycles. The second-order valence-corrected chi connectivity index (χ2v) is 7.31. The highest BCUT2D eigenvalue weighted by Crippen LogP contribution is 2.40. The predicted molar refractivity (Wildman–Crippen MR) is 118 cm³/mol. The quantitative estimate of drug-likeness (QED) is 0.477. The molecule has 2 unspecified atom stereocenters. The van der Waals surface area contributed by atoms with Crippen LogP contribution in [0.2, 0.25) is 0 Å². The Bertz CT molecular complexity index is 1400. The molecule has 2 atom stereocenters. The van der Waals surface area contributed by atoms with Gasteiger partial charge in [0.2, 0.25) is 11.9 Å². The minimum absolute atomic E-state index is 0.164. The van der Waals surface area contributed by atoms with Crippen LogP contribution in [0.4, 0.5) is 17.5 Å². The second-order valence-electron chi connectivity index (χ2n) is 7.31. The zero-order chi connectivity index (χ0) is 21.4. The molecule has 7 heteroatoms.